The summed E-state index contributed by atoms with van der Waals surface area (Å²) in [7, 11) is -3.92. The van der Waals surface area contributed by atoms with Crippen molar-refractivity contribution >= 4 is 15.8 Å². The van der Waals surface area contributed by atoms with Gasteiger partial charge in [-0.3, -0.25) is 0 Å². The molecule has 1 aromatic rings. The fourth-order valence-electron chi connectivity index (χ4n) is 1.53. The zero-order chi connectivity index (χ0) is 16.3. The lowest BCUT2D eigenvalue weighted by Crippen LogP contribution is -2.21. The van der Waals surface area contributed by atoms with Crippen molar-refractivity contribution in [1.29, 1.82) is 0 Å². The second-order valence-corrected chi connectivity index (χ2v) is 6.35. The van der Waals surface area contributed by atoms with Crippen LogP contribution in [0.2, 0.25) is 0 Å². The first-order valence-electron chi connectivity index (χ1n) is 5.74. The predicted octanol–water partition coefficient (Wildman–Crippen LogP) is 2.05. The van der Waals surface area contributed by atoms with Crippen LogP contribution in [-0.2, 0) is 14.6 Å². The third-order valence-corrected chi connectivity index (χ3v) is 4.35. The monoisotopic (exact) mass is 326 g/mol. The van der Waals surface area contributed by atoms with Crippen LogP contribution in [0.4, 0.5) is 13.2 Å². The Hall–Kier alpha value is -1.61. The van der Waals surface area contributed by atoms with Crippen LogP contribution < -0.4 is 0 Å². The van der Waals surface area contributed by atoms with Crippen molar-refractivity contribution in [3.63, 3.8) is 0 Å². The van der Waals surface area contributed by atoms with Crippen molar-refractivity contribution in [3.05, 3.63) is 29.3 Å². The summed E-state index contributed by atoms with van der Waals surface area (Å²) in [5.41, 5.74) is 0.103. The lowest BCUT2D eigenvalue weighted by Gasteiger charge is -2.10. The molecule has 118 valence electrons. The van der Waals surface area contributed by atoms with Gasteiger partial charge in [0.25, 0.3) is 0 Å². The molecule has 5 nitrogen and oxygen atoms in total. The molecule has 0 radical (unpaired) electrons. The molecule has 0 aliphatic carbocycles. The van der Waals surface area contributed by atoms with Crippen molar-refractivity contribution < 1.29 is 36.2 Å². The van der Waals surface area contributed by atoms with E-state index in [1.165, 1.54) is 19.1 Å². The molecular formula is C12H13F3O5S. The Morgan fingerprint density at radius 3 is 2.48 bits per heavy atom. The Kier molecular flexibility index (Phi) is 5.35. The molecule has 0 saturated heterocycles. The first-order chi connectivity index (χ1) is 9.53. The molecule has 0 amide bonds. The fourth-order valence-corrected chi connectivity index (χ4v) is 2.96. The van der Waals surface area contributed by atoms with Crippen LogP contribution >= 0.6 is 0 Å². The van der Waals surface area contributed by atoms with Crippen molar-refractivity contribution in [2.75, 3.05) is 19.0 Å². The van der Waals surface area contributed by atoms with Crippen LogP contribution in [0.1, 0.15) is 15.9 Å². The van der Waals surface area contributed by atoms with Crippen LogP contribution in [0, 0.1) is 6.92 Å². The van der Waals surface area contributed by atoms with Gasteiger partial charge in [-0.15, -0.1) is 0 Å². The van der Waals surface area contributed by atoms with Crippen LogP contribution in [0.3, 0.4) is 0 Å². The Balaban J connectivity index is 2.83. The molecule has 0 spiro atoms. The zero-order valence-corrected chi connectivity index (χ0v) is 11.8. The topological polar surface area (TPSA) is 80.7 Å². The zero-order valence-electron chi connectivity index (χ0n) is 11.0. The predicted molar refractivity (Wildman–Crippen MR) is 67.1 cm³/mol. The molecule has 0 fully saturated rings. The molecule has 0 aliphatic rings. The van der Waals surface area contributed by atoms with Crippen molar-refractivity contribution in [1.82, 2.24) is 0 Å². The summed E-state index contributed by atoms with van der Waals surface area (Å²) in [5, 5.41) is 8.83. The number of rotatable bonds is 6. The first kappa shape index (κ1) is 17.4. The molecule has 0 aliphatic heterocycles. The number of hydrogen-bond donors (Lipinski definition) is 1. The van der Waals surface area contributed by atoms with Gasteiger partial charge in [-0.1, -0.05) is 6.07 Å². The van der Waals surface area contributed by atoms with Crippen LogP contribution in [0.15, 0.2) is 23.1 Å². The molecule has 9 heteroatoms. The molecule has 0 atom stereocenters. The van der Waals surface area contributed by atoms with Gasteiger partial charge < -0.3 is 9.84 Å². The number of ether oxygens (including phenoxy) is 1. The van der Waals surface area contributed by atoms with E-state index in [1.54, 1.807) is 0 Å². The standard InChI is InChI=1S/C12H13F3O5S/c1-8-2-3-9(11(16)17)6-10(8)21(18,19)5-4-20-7-12(13,14)15/h2-3,6H,4-5,7H2,1H3,(H,16,17). The molecule has 0 unspecified atom stereocenters. The number of sulfone groups is 1. The Labute approximate surface area is 119 Å². The number of carboxylic acids is 1. The Morgan fingerprint density at radius 2 is 1.95 bits per heavy atom. The fraction of sp³-hybridized carbons (Fsp3) is 0.417. The maximum absolute atomic E-state index is 12.0. The van der Waals surface area contributed by atoms with Crippen LogP contribution in [-0.4, -0.2) is 44.6 Å². The van der Waals surface area contributed by atoms with Gasteiger partial charge >= 0.3 is 12.1 Å². The van der Waals surface area contributed by atoms with E-state index < -0.39 is 40.9 Å². The minimum absolute atomic E-state index is 0.213. The average molecular weight is 326 g/mol. The number of halogens is 3. The summed E-state index contributed by atoms with van der Waals surface area (Å²) < 4.78 is 63.8. The summed E-state index contributed by atoms with van der Waals surface area (Å²) in [6, 6.07) is 3.56. The number of aromatic carboxylic acids is 1. The van der Waals surface area contributed by atoms with Gasteiger partial charge in [0, 0.05) is 0 Å². The molecule has 1 rings (SSSR count). The van der Waals surface area contributed by atoms with Crippen molar-refractivity contribution in [3.8, 4) is 0 Å². The number of benzene rings is 1. The van der Waals surface area contributed by atoms with E-state index in [0.29, 0.717) is 5.56 Å². The van der Waals surface area contributed by atoms with E-state index in [0.717, 1.165) is 6.07 Å². The molecule has 0 bridgehead atoms. The summed E-state index contributed by atoms with van der Waals surface area (Å²) in [6.07, 6.45) is -4.52. The van der Waals surface area contributed by atoms with Gasteiger partial charge in [-0.05, 0) is 24.6 Å². The average Bonchev–Trinajstić information content (AvgIpc) is 2.33. The van der Waals surface area contributed by atoms with Gasteiger partial charge in [0.2, 0.25) is 0 Å². The second kappa shape index (κ2) is 6.44. The Bertz CT molecular complexity index is 622. The highest BCUT2D eigenvalue weighted by Gasteiger charge is 2.28. The number of carbonyl (C=O) groups is 1. The van der Waals surface area contributed by atoms with Gasteiger partial charge in [0.15, 0.2) is 9.84 Å². The van der Waals surface area contributed by atoms with Gasteiger partial charge in [0.05, 0.1) is 22.8 Å². The molecule has 21 heavy (non-hydrogen) atoms. The second-order valence-electron chi connectivity index (χ2n) is 4.27. The summed E-state index contributed by atoms with van der Waals surface area (Å²) in [4.78, 5) is 10.6. The highest BCUT2D eigenvalue weighted by atomic mass is 32.2. The lowest BCUT2D eigenvalue weighted by molar-refractivity contribution is -0.172. The summed E-state index contributed by atoms with van der Waals surface area (Å²) in [5.74, 6) is -1.95. The molecule has 0 saturated carbocycles. The quantitative estimate of drug-likeness (QED) is 0.809. The summed E-state index contributed by atoms with van der Waals surface area (Å²) >= 11 is 0. The number of aryl methyl sites for hydroxylation is 1. The van der Waals surface area contributed by atoms with Gasteiger partial charge in [-0.2, -0.15) is 13.2 Å². The van der Waals surface area contributed by atoms with Crippen molar-refractivity contribution in [2.24, 2.45) is 0 Å². The highest BCUT2D eigenvalue weighted by molar-refractivity contribution is 7.91. The third-order valence-electron chi connectivity index (χ3n) is 2.53. The SMILES string of the molecule is Cc1ccc(C(=O)O)cc1S(=O)(=O)CCOCC(F)(F)F. The first-order valence-corrected chi connectivity index (χ1v) is 7.39. The Morgan fingerprint density at radius 1 is 1.33 bits per heavy atom. The maximum Gasteiger partial charge on any atom is 0.411 e. The highest BCUT2D eigenvalue weighted by Crippen LogP contribution is 2.19. The van der Waals surface area contributed by atoms with E-state index in [4.69, 9.17) is 5.11 Å². The molecule has 0 heterocycles. The largest absolute Gasteiger partial charge is 0.478 e. The third kappa shape index (κ3) is 5.35. The molecular weight excluding hydrogens is 313 g/mol. The van der Waals surface area contributed by atoms with Crippen LogP contribution in [0.25, 0.3) is 0 Å². The maximum atomic E-state index is 12.0. The smallest absolute Gasteiger partial charge is 0.411 e. The van der Waals surface area contributed by atoms with Gasteiger partial charge in [0.1, 0.15) is 6.61 Å². The van der Waals surface area contributed by atoms with E-state index in [9.17, 15) is 26.4 Å². The molecule has 1 aromatic carbocycles. The van der Waals surface area contributed by atoms with E-state index in [-0.39, 0.29) is 10.5 Å². The number of carboxylic acid groups (broad SMARTS) is 1. The minimum atomic E-state index is -4.52. The van der Waals surface area contributed by atoms with E-state index in [2.05, 4.69) is 4.74 Å². The van der Waals surface area contributed by atoms with Gasteiger partial charge in [-0.25, -0.2) is 13.2 Å². The number of alkyl halides is 3. The van der Waals surface area contributed by atoms with E-state index >= 15 is 0 Å². The lowest BCUT2D eigenvalue weighted by atomic mass is 10.1. The van der Waals surface area contributed by atoms with Crippen molar-refractivity contribution in [2.45, 2.75) is 18.0 Å². The molecule has 0 aromatic heterocycles. The van der Waals surface area contributed by atoms with Crippen LogP contribution in [0.5, 0.6) is 0 Å². The van der Waals surface area contributed by atoms with E-state index in [1.807, 2.05) is 0 Å². The normalized spacial score (nSPS) is 12.4. The minimum Gasteiger partial charge on any atom is -0.478 e. The molecule has 1 N–H and O–H groups in total. The summed E-state index contributed by atoms with van der Waals surface area (Å²) in [6.45, 7) is -0.690. The number of hydrogen-bond acceptors (Lipinski definition) is 4.